The number of hydrogen-bond acceptors (Lipinski definition) is 8. The summed E-state index contributed by atoms with van der Waals surface area (Å²) >= 11 is 0. The van der Waals surface area contributed by atoms with Crippen molar-refractivity contribution >= 4 is 21.0 Å². The summed E-state index contributed by atoms with van der Waals surface area (Å²) in [7, 11) is -10.2. The van der Waals surface area contributed by atoms with E-state index in [0.717, 1.165) is 5.56 Å². The summed E-state index contributed by atoms with van der Waals surface area (Å²) in [6, 6.07) is 10.7. The van der Waals surface area contributed by atoms with E-state index in [1.807, 2.05) is 0 Å². The van der Waals surface area contributed by atoms with Gasteiger partial charge in [0.1, 0.15) is 11.5 Å². The molecule has 29 heavy (non-hydrogen) atoms. The van der Waals surface area contributed by atoms with Gasteiger partial charge in [0.2, 0.25) is 0 Å². The minimum Gasteiger partial charge on any atom is -0.387 e. The summed E-state index contributed by atoms with van der Waals surface area (Å²) in [5.74, 6) is -0.349. The first kappa shape index (κ1) is 23.0. The maximum absolute atomic E-state index is 12.5. The van der Waals surface area contributed by atoms with E-state index in [2.05, 4.69) is 13.7 Å². The number of aliphatic hydroxyl groups is 1. The maximum Gasteiger partial charge on any atom is 0.488 e. The fraction of sp³-hybridized carbons (Fsp3) is 0.294. The summed E-state index contributed by atoms with van der Waals surface area (Å²) in [4.78, 5) is 0. The molecular weight excluding hydrogens is 432 g/mol. The zero-order chi connectivity index (χ0) is 21.7. The molecule has 0 heterocycles. The van der Waals surface area contributed by atoms with Crippen LogP contribution < -0.4 is 13.7 Å². The van der Waals surface area contributed by atoms with Crippen LogP contribution in [0.1, 0.15) is 24.2 Å². The third kappa shape index (κ3) is 8.31. The molecule has 160 valence electrons. The van der Waals surface area contributed by atoms with Crippen LogP contribution in [-0.2, 0) is 27.4 Å². The van der Waals surface area contributed by atoms with Gasteiger partial charge < -0.3 is 18.8 Å². The Kier molecular flexibility index (Phi) is 7.52. The average Bonchev–Trinajstić information content (AvgIpc) is 2.60. The molecule has 2 aromatic carbocycles. The van der Waals surface area contributed by atoms with Gasteiger partial charge in [-0.25, -0.2) is 0 Å². The molecular formula is C17H19F2NO7S2. The number of benzene rings is 2. The van der Waals surface area contributed by atoms with Gasteiger partial charge in [0.25, 0.3) is 0 Å². The van der Waals surface area contributed by atoms with Crippen molar-refractivity contribution in [3.05, 3.63) is 59.7 Å². The lowest BCUT2D eigenvalue weighted by Crippen LogP contribution is -2.33. The molecule has 2 aromatic rings. The summed E-state index contributed by atoms with van der Waals surface area (Å²) < 4.78 is 74.8. The Morgan fingerprint density at radius 2 is 1.34 bits per heavy atom. The second-order valence-electron chi connectivity index (χ2n) is 6.10. The normalized spacial score (nSPS) is 14.2. The number of halogens is 2. The van der Waals surface area contributed by atoms with E-state index in [1.54, 1.807) is 19.1 Å². The van der Waals surface area contributed by atoms with Crippen molar-refractivity contribution in [2.45, 2.75) is 25.5 Å². The molecule has 0 saturated carbocycles. The van der Waals surface area contributed by atoms with Crippen molar-refractivity contribution in [3.63, 3.8) is 0 Å². The third-order valence-corrected chi connectivity index (χ3v) is 4.67. The highest BCUT2D eigenvalue weighted by molar-refractivity contribution is 7.82. The lowest BCUT2D eigenvalue weighted by atomic mass is 10.0. The topological polar surface area (TPSA) is 119 Å². The maximum atomic E-state index is 12.5. The number of rotatable bonds is 10. The smallest absolute Gasteiger partial charge is 0.387 e. The molecule has 2 atom stereocenters. The molecule has 2 rings (SSSR count). The quantitative estimate of drug-likeness (QED) is 0.528. The van der Waals surface area contributed by atoms with E-state index in [0.29, 0.717) is 18.5 Å². The van der Waals surface area contributed by atoms with E-state index in [-0.39, 0.29) is 17.5 Å². The van der Waals surface area contributed by atoms with Gasteiger partial charge in [-0.2, -0.15) is 16.8 Å². The second-order valence-corrected chi connectivity index (χ2v) is 8.01. The van der Waals surface area contributed by atoms with E-state index in [1.165, 1.54) is 36.4 Å². The van der Waals surface area contributed by atoms with Crippen LogP contribution in [0.3, 0.4) is 0 Å². The zero-order valence-electron chi connectivity index (χ0n) is 15.2. The molecule has 0 spiro atoms. The Bertz CT molecular complexity index is 1010. The lowest BCUT2D eigenvalue weighted by molar-refractivity contribution is 0.136. The minimum atomic E-state index is -5.11. The first-order valence-corrected chi connectivity index (χ1v) is 10.9. The summed E-state index contributed by atoms with van der Waals surface area (Å²) in [5, 5.41) is 13.5. The predicted octanol–water partition coefficient (Wildman–Crippen LogP) is 2.13. The molecule has 0 aliphatic carbocycles. The van der Waals surface area contributed by atoms with E-state index in [9.17, 15) is 29.7 Å². The molecule has 0 bridgehead atoms. The van der Waals surface area contributed by atoms with E-state index in [4.69, 9.17) is 0 Å². The highest BCUT2D eigenvalue weighted by Gasteiger charge is 2.17. The summed E-state index contributed by atoms with van der Waals surface area (Å²) in [6.07, 6.45) is -0.377. The van der Waals surface area contributed by atoms with Crippen molar-refractivity contribution in [2.75, 3.05) is 6.54 Å². The molecule has 12 heteroatoms. The van der Waals surface area contributed by atoms with Crippen LogP contribution in [0.25, 0.3) is 0 Å². The van der Waals surface area contributed by atoms with Crippen LogP contribution in [0.15, 0.2) is 48.5 Å². The van der Waals surface area contributed by atoms with Crippen molar-refractivity contribution in [1.29, 1.82) is 0 Å². The number of nitrogens with one attached hydrogen (secondary N) is 1. The molecule has 0 unspecified atom stereocenters. The van der Waals surface area contributed by atoms with Crippen molar-refractivity contribution in [1.82, 2.24) is 5.32 Å². The van der Waals surface area contributed by atoms with Gasteiger partial charge in [0.05, 0.1) is 6.10 Å². The Hall–Kier alpha value is -2.28. The molecule has 0 fully saturated rings. The first-order valence-electron chi connectivity index (χ1n) is 8.31. The molecule has 0 amide bonds. The molecule has 0 radical (unpaired) electrons. The Morgan fingerprint density at radius 3 is 1.79 bits per heavy atom. The van der Waals surface area contributed by atoms with Crippen LogP contribution in [-0.4, -0.2) is 34.5 Å². The molecule has 0 aliphatic rings. The largest absolute Gasteiger partial charge is 0.488 e. The SMILES string of the molecule is C[C@H](NCCc1ccc(OS(=O)(=O)F)cc1)[C@H](O)c1ccc(OS(=O)(=O)F)cc1. The van der Waals surface area contributed by atoms with Crippen molar-refractivity contribution in [2.24, 2.45) is 0 Å². The zero-order valence-corrected chi connectivity index (χ0v) is 16.8. The minimum absolute atomic E-state index is 0.138. The highest BCUT2D eigenvalue weighted by atomic mass is 32.3. The van der Waals surface area contributed by atoms with Gasteiger partial charge in [-0.05, 0) is 55.3 Å². The monoisotopic (exact) mass is 451 g/mol. The van der Waals surface area contributed by atoms with Crippen LogP contribution in [0, 0.1) is 0 Å². The average molecular weight is 451 g/mol. The Labute approximate surface area is 167 Å². The van der Waals surface area contributed by atoms with Gasteiger partial charge in [-0.3, -0.25) is 0 Å². The molecule has 0 aliphatic heterocycles. The first-order chi connectivity index (χ1) is 13.4. The van der Waals surface area contributed by atoms with Gasteiger partial charge >= 0.3 is 21.0 Å². The van der Waals surface area contributed by atoms with E-state index >= 15 is 0 Å². The molecule has 0 aromatic heterocycles. The molecule has 2 N–H and O–H groups in total. The van der Waals surface area contributed by atoms with E-state index < -0.39 is 27.1 Å². The molecule has 0 saturated heterocycles. The standard InChI is InChI=1S/C17H19F2NO7S2/c1-12(17(21)14-4-8-16(9-5-14)27-29(19,24)25)20-11-10-13-2-6-15(7-3-13)26-28(18,22)23/h2-9,12,17,20-21H,10-11H2,1H3/t12-,17-/m0/s1. The fourth-order valence-corrected chi connectivity index (χ4v) is 3.19. The van der Waals surface area contributed by atoms with Crippen LogP contribution in [0.5, 0.6) is 11.5 Å². The van der Waals surface area contributed by atoms with Gasteiger partial charge in [-0.15, -0.1) is 0 Å². The second kappa shape index (κ2) is 9.48. The number of hydrogen-bond donors (Lipinski definition) is 2. The lowest BCUT2D eigenvalue weighted by Gasteiger charge is -2.21. The Balaban J connectivity index is 1.84. The molecule has 8 nitrogen and oxygen atoms in total. The summed E-state index contributed by atoms with van der Waals surface area (Å²) in [6.45, 7) is 2.21. The van der Waals surface area contributed by atoms with Gasteiger partial charge in [-0.1, -0.05) is 32.0 Å². The predicted molar refractivity (Wildman–Crippen MR) is 100 cm³/mol. The van der Waals surface area contributed by atoms with Gasteiger partial charge in [0, 0.05) is 6.04 Å². The fourth-order valence-electron chi connectivity index (χ4n) is 2.51. The Morgan fingerprint density at radius 1 is 0.897 bits per heavy atom. The van der Waals surface area contributed by atoms with Gasteiger partial charge in [0.15, 0.2) is 0 Å². The van der Waals surface area contributed by atoms with Crippen molar-refractivity contribution in [3.8, 4) is 11.5 Å². The third-order valence-electron chi connectivity index (χ3n) is 3.89. The highest BCUT2D eigenvalue weighted by Crippen LogP contribution is 2.22. The van der Waals surface area contributed by atoms with Crippen LogP contribution in [0.4, 0.5) is 7.77 Å². The summed E-state index contributed by atoms with van der Waals surface area (Å²) in [5.41, 5.74) is 1.30. The number of aliphatic hydroxyl groups excluding tert-OH is 1. The van der Waals surface area contributed by atoms with Crippen LogP contribution in [0.2, 0.25) is 0 Å². The van der Waals surface area contributed by atoms with Crippen molar-refractivity contribution < 1.29 is 38.1 Å². The van der Waals surface area contributed by atoms with Crippen LogP contribution >= 0.6 is 0 Å².